The van der Waals surface area contributed by atoms with Crippen molar-refractivity contribution in [2.75, 3.05) is 7.05 Å². The highest BCUT2D eigenvalue weighted by Gasteiger charge is 2.20. The van der Waals surface area contributed by atoms with Crippen molar-refractivity contribution in [2.45, 2.75) is 45.2 Å². The van der Waals surface area contributed by atoms with Crippen LogP contribution in [0.3, 0.4) is 0 Å². The van der Waals surface area contributed by atoms with Crippen LogP contribution < -0.4 is 5.73 Å². The summed E-state index contributed by atoms with van der Waals surface area (Å²) in [6.45, 7) is 4.35. The third-order valence-electron chi connectivity index (χ3n) is 3.39. The minimum Gasteiger partial charge on any atom is -0.409 e. The molecule has 0 saturated heterocycles. The predicted octanol–water partition coefficient (Wildman–Crippen LogP) is 2.53. The summed E-state index contributed by atoms with van der Waals surface area (Å²) in [6, 6.07) is 5.01. The van der Waals surface area contributed by atoms with E-state index >= 15 is 0 Å². The maximum absolute atomic E-state index is 8.65. The smallest absolute Gasteiger partial charge is 0.140 e. The van der Waals surface area contributed by atoms with Crippen molar-refractivity contribution in [3.8, 4) is 0 Å². The molecule has 0 amide bonds. The first kappa shape index (κ1) is 15.0. The number of thiophene rings is 1. The Morgan fingerprint density at radius 3 is 2.83 bits per heavy atom. The summed E-state index contributed by atoms with van der Waals surface area (Å²) in [5.74, 6) is 0.303. The van der Waals surface area contributed by atoms with E-state index in [0.717, 1.165) is 12.8 Å². The molecule has 2 atom stereocenters. The first-order valence-corrected chi connectivity index (χ1v) is 7.17. The van der Waals surface area contributed by atoms with Crippen molar-refractivity contribution in [3.05, 3.63) is 22.4 Å². The number of nitrogens with zero attached hydrogens (tertiary/aromatic N) is 2. The Balaban J connectivity index is 2.56. The van der Waals surface area contributed by atoms with E-state index in [1.165, 1.54) is 4.88 Å². The second-order valence-electron chi connectivity index (χ2n) is 4.66. The molecule has 3 N–H and O–H groups in total. The fourth-order valence-electron chi connectivity index (χ4n) is 2.08. The van der Waals surface area contributed by atoms with Gasteiger partial charge in [-0.1, -0.05) is 18.1 Å². The molecule has 0 bridgehead atoms. The molecule has 0 aromatic carbocycles. The van der Waals surface area contributed by atoms with Crippen LogP contribution in [0.15, 0.2) is 22.7 Å². The number of likely N-dealkylation sites (N-methyl/N-ethyl adjacent to an activating group) is 1. The molecule has 0 saturated carbocycles. The Kier molecular flexibility index (Phi) is 6.15. The van der Waals surface area contributed by atoms with Crippen LogP contribution in [0.4, 0.5) is 0 Å². The van der Waals surface area contributed by atoms with Gasteiger partial charge in [-0.15, -0.1) is 11.3 Å². The summed E-state index contributed by atoms with van der Waals surface area (Å²) in [6.07, 6.45) is 2.64. The molecule has 18 heavy (non-hydrogen) atoms. The average Bonchev–Trinajstić information content (AvgIpc) is 2.87. The van der Waals surface area contributed by atoms with Gasteiger partial charge < -0.3 is 10.9 Å². The van der Waals surface area contributed by atoms with Gasteiger partial charge >= 0.3 is 0 Å². The summed E-state index contributed by atoms with van der Waals surface area (Å²) in [5, 5.41) is 13.8. The van der Waals surface area contributed by atoms with Gasteiger partial charge in [0.05, 0.1) is 0 Å². The quantitative estimate of drug-likeness (QED) is 0.346. The molecule has 4 nitrogen and oxygen atoms in total. The van der Waals surface area contributed by atoms with Crippen molar-refractivity contribution in [3.63, 3.8) is 0 Å². The van der Waals surface area contributed by atoms with Crippen LogP contribution in [0.2, 0.25) is 0 Å². The molecule has 1 aromatic heterocycles. The summed E-state index contributed by atoms with van der Waals surface area (Å²) in [4.78, 5) is 3.71. The SMILES string of the molecule is CCC(CC(N)=NO)N(C)C(C)Cc1cccs1. The van der Waals surface area contributed by atoms with Gasteiger partial charge in [-0.2, -0.15) is 0 Å². The van der Waals surface area contributed by atoms with Gasteiger partial charge in [-0.05, 0) is 38.3 Å². The average molecular weight is 269 g/mol. The van der Waals surface area contributed by atoms with Gasteiger partial charge in [0, 0.05) is 23.4 Å². The lowest BCUT2D eigenvalue weighted by Gasteiger charge is -2.32. The zero-order valence-electron chi connectivity index (χ0n) is 11.3. The Bertz CT molecular complexity index is 364. The van der Waals surface area contributed by atoms with E-state index in [1.807, 2.05) is 0 Å². The summed E-state index contributed by atoms with van der Waals surface area (Å²) >= 11 is 1.79. The third kappa shape index (κ3) is 4.31. The number of amidine groups is 1. The lowest BCUT2D eigenvalue weighted by molar-refractivity contribution is 0.181. The van der Waals surface area contributed by atoms with E-state index in [2.05, 4.69) is 48.5 Å². The summed E-state index contributed by atoms with van der Waals surface area (Å²) < 4.78 is 0. The van der Waals surface area contributed by atoms with E-state index < -0.39 is 0 Å². The zero-order chi connectivity index (χ0) is 13.5. The number of hydrogen-bond acceptors (Lipinski definition) is 4. The summed E-state index contributed by atoms with van der Waals surface area (Å²) in [5.41, 5.74) is 5.60. The number of nitrogens with two attached hydrogens (primary N) is 1. The minimum absolute atomic E-state index is 0.303. The third-order valence-corrected chi connectivity index (χ3v) is 4.29. The molecule has 0 fully saturated rings. The molecule has 5 heteroatoms. The van der Waals surface area contributed by atoms with Crippen LogP contribution in [0, 0.1) is 0 Å². The first-order chi connectivity index (χ1) is 8.58. The van der Waals surface area contributed by atoms with Crippen LogP contribution >= 0.6 is 11.3 Å². The van der Waals surface area contributed by atoms with Crippen molar-refractivity contribution in [1.82, 2.24) is 4.90 Å². The van der Waals surface area contributed by atoms with Crippen LogP contribution in [0.1, 0.15) is 31.6 Å². The monoisotopic (exact) mass is 269 g/mol. The van der Waals surface area contributed by atoms with Gasteiger partial charge in [0.15, 0.2) is 0 Å². The van der Waals surface area contributed by atoms with Crippen molar-refractivity contribution in [1.29, 1.82) is 0 Å². The van der Waals surface area contributed by atoms with Crippen molar-refractivity contribution in [2.24, 2.45) is 10.9 Å². The Morgan fingerprint density at radius 1 is 1.61 bits per heavy atom. The van der Waals surface area contributed by atoms with Crippen LogP contribution in [-0.2, 0) is 6.42 Å². The molecule has 1 rings (SSSR count). The maximum atomic E-state index is 8.65. The van der Waals surface area contributed by atoms with Crippen molar-refractivity contribution >= 4 is 17.2 Å². The second-order valence-corrected chi connectivity index (χ2v) is 5.69. The fourth-order valence-corrected chi connectivity index (χ4v) is 2.91. The molecule has 0 radical (unpaired) electrons. The van der Waals surface area contributed by atoms with Crippen LogP contribution in [-0.4, -0.2) is 35.1 Å². The highest BCUT2D eigenvalue weighted by Crippen LogP contribution is 2.17. The van der Waals surface area contributed by atoms with Gasteiger partial charge in [0.2, 0.25) is 0 Å². The molecule has 2 unspecified atom stereocenters. The number of oxime groups is 1. The minimum atomic E-state index is 0.303. The molecule has 0 aliphatic rings. The van der Waals surface area contributed by atoms with E-state index in [1.54, 1.807) is 11.3 Å². The normalized spacial score (nSPS) is 15.9. The van der Waals surface area contributed by atoms with Gasteiger partial charge in [0.25, 0.3) is 0 Å². The Hall–Kier alpha value is -1.07. The lowest BCUT2D eigenvalue weighted by Crippen LogP contribution is -2.41. The van der Waals surface area contributed by atoms with E-state index in [4.69, 9.17) is 10.9 Å². The van der Waals surface area contributed by atoms with E-state index in [-0.39, 0.29) is 0 Å². The predicted molar refractivity (Wildman–Crippen MR) is 77.4 cm³/mol. The van der Waals surface area contributed by atoms with Crippen LogP contribution in [0.5, 0.6) is 0 Å². The molecular weight excluding hydrogens is 246 g/mol. The first-order valence-electron chi connectivity index (χ1n) is 6.29. The van der Waals surface area contributed by atoms with Gasteiger partial charge in [-0.25, -0.2) is 0 Å². The van der Waals surface area contributed by atoms with Gasteiger partial charge in [-0.3, -0.25) is 4.90 Å². The standard InChI is InChI=1S/C13H23N3OS/c1-4-11(9-13(14)15-17)16(3)10(2)8-12-6-5-7-18-12/h5-7,10-11,17H,4,8-9H2,1-3H3,(H2,14,15). The summed E-state index contributed by atoms with van der Waals surface area (Å²) in [7, 11) is 2.11. The van der Waals surface area contributed by atoms with E-state index in [0.29, 0.717) is 24.3 Å². The zero-order valence-corrected chi connectivity index (χ0v) is 12.2. The molecule has 1 heterocycles. The largest absolute Gasteiger partial charge is 0.409 e. The maximum Gasteiger partial charge on any atom is 0.140 e. The highest BCUT2D eigenvalue weighted by molar-refractivity contribution is 7.09. The molecule has 102 valence electrons. The number of hydrogen-bond donors (Lipinski definition) is 2. The lowest BCUT2D eigenvalue weighted by atomic mass is 10.1. The number of rotatable bonds is 7. The topological polar surface area (TPSA) is 61.9 Å². The Morgan fingerprint density at radius 2 is 2.33 bits per heavy atom. The molecule has 0 aliphatic carbocycles. The molecule has 0 aliphatic heterocycles. The van der Waals surface area contributed by atoms with Crippen LogP contribution in [0.25, 0.3) is 0 Å². The highest BCUT2D eigenvalue weighted by atomic mass is 32.1. The van der Waals surface area contributed by atoms with Crippen molar-refractivity contribution < 1.29 is 5.21 Å². The van der Waals surface area contributed by atoms with Gasteiger partial charge in [0.1, 0.15) is 5.84 Å². The fraction of sp³-hybridized carbons (Fsp3) is 0.615. The second kappa shape index (κ2) is 7.38. The molecule has 1 aromatic rings. The molecular formula is C13H23N3OS. The van der Waals surface area contributed by atoms with E-state index in [9.17, 15) is 0 Å². The molecule has 0 spiro atoms. The Labute approximate surface area is 113 Å².